The normalized spacial score (nSPS) is 10.9. The number of carbonyl (C=O) groups is 2. The Balaban J connectivity index is 1.44. The number of aromatic nitrogens is 2. The standard InChI is InChI=1S/C25H25Cl2N5O2/c1-31-11-8-20(16-31)29-25(34)23-14-18-2-5-19(15-22(18)30-23)28-24(33)17-3-6-21(7-4-17)32(12-9-26)13-10-27/h2-8,11,14-16,30H,9-10,12-13H2,1H3,(H,28,33)(H,29,34). The van der Waals surface area contributed by atoms with Crippen molar-refractivity contribution in [3.05, 3.63) is 78.2 Å². The number of fused-ring (bicyclic) bond motifs is 1. The number of aromatic amines is 1. The van der Waals surface area contributed by atoms with E-state index in [9.17, 15) is 9.59 Å². The predicted octanol–water partition coefficient (Wildman–Crippen LogP) is 5.30. The van der Waals surface area contributed by atoms with Crippen molar-refractivity contribution in [1.82, 2.24) is 9.55 Å². The fourth-order valence-corrected chi connectivity index (χ4v) is 4.11. The molecule has 0 atom stereocenters. The highest BCUT2D eigenvalue weighted by molar-refractivity contribution is 6.18. The zero-order chi connectivity index (χ0) is 24.1. The molecule has 34 heavy (non-hydrogen) atoms. The molecule has 0 aliphatic carbocycles. The van der Waals surface area contributed by atoms with Crippen molar-refractivity contribution in [2.45, 2.75) is 0 Å². The van der Waals surface area contributed by atoms with Gasteiger partial charge in [0, 0.05) is 72.1 Å². The average molecular weight is 498 g/mol. The summed E-state index contributed by atoms with van der Waals surface area (Å²) in [7, 11) is 1.89. The van der Waals surface area contributed by atoms with Crippen molar-refractivity contribution >= 4 is 63.0 Å². The lowest BCUT2D eigenvalue weighted by Crippen LogP contribution is -2.27. The largest absolute Gasteiger partial charge is 0.369 e. The summed E-state index contributed by atoms with van der Waals surface area (Å²) in [4.78, 5) is 30.5. The van der Waals surface area contributed by atoms with Crippen molar-refractivity contribution in [3.8, 4) is 0 Å². The smallest absolute Gasteiger partial charge is 0.272 e. The van der Waals surface area contributed by atoms with Crippen LogP contribution in [0.5, 0.6) is 0 Å². The van der Waals surface area contributed by atoms with Gasteiger partial charge in [0.15, 0.2) is 0 Å². The fourth-order valence-electron chi connectivity index (χ4n) is 3.70. The fraction of sp³-hybridized carbons (Fsp3) is 0.200. The van der Waals surface area contributed by atoms with Crippen molar-refractivity contribution in [3.63, 3.8) is 0 Å². The number of hydrogen-bond acceptors (Lipinski definition) is 3. The molecule has 9 heteroatoms. The van der Waals surface area contributed by atoms with E-state index in [1.165, 1.54) is 0 Å². The molecular weight excluding hydrogens is 473 g/mol. The number of nitrogens with one attached hydrogen (secondary N) is 3. The Hall–Kier alpha value is -3.42. The molecule has 2 amide bonds. The highest BCUT2D eigenvalue weighted by atomic mass is 35.5. The zero-order valence-electron chi connectivity index (χ0n) is 18.6. The van der Waals surface area contributed by atoms with Gasteiger partial charge in [0.2, 0.25) is 0 Å². The first kappa shape index (κ1) is 23.7. The molecule has 2 aromatic carbocycles. The summed E-state index contributed by atoms with van der Waals surface area (Å²) in [6.45, 7) is 1.36. The molecular formula is C25H25Cl2N5O2. The van der Waals surface area contributed by atoms with Crippen LogP contribution in [0.4, 0.5) is 17.1 Å². The first-order chi connectivity index (χ1) is 16.5. The number of rotatable bonds is 9. The maximum atomic E-state index is 12.8. The van der Waals surface area contributed by atoms with Gasteiger partial charge in [-0.25, -0.2) is 0 Å². The molecule has 2 aromatic heterocycles. The van der Waals surface area contributed by atoms with Gasteiger partial charge in [-0.15, -0.1) is 23.2 Å². The summed E-state index contributed by atoms with van der Waals surface area (Å²) in [5.41, 5.74) is 4.05. The highest BCUT2D eigenvalue weighted by Gasteiger charge is 2.13. The zero-order valence-corrected chi connectivity index (χ0v) is 20.2. The minimum Gasteiger partial charge on any atom is -0.369 e. The molecule has 0 saturated heterocycles. The summed E-state index contributed by atoms with van der Waals surface area (Å²) >= 11 is 11.8. The topological polar surface area (TPSA) is 82.2 Å². The number of H-pyrrole nitrogens is 1. The maximum Gasteiger partial charge on any atom is 0.272 e. The van der Waals surface area contributed by atoms with E-state index in [-0.39, 0.29) is 11.8 Å². The predicted molar refractivity (Wildman–Crippen MR) is 140 cm³/mol. The molecule has 0 aliphatic heterocycles. The van der Waals surface area contributed by atoms with E-state index in [1.54, 1.807) is 18.2 Å². The third kappa shape index (κ3) is 5.55. The monoisotopic (exact) mass is 497 g/mol. The van der Waals surface area contributed by atoms with Crippen LogP contribution in [0, 0.1) is 0 Å². The van der Waals surface area contributed by atoms with E-state index in [0.29, 0.717) is 41.8 Å². The van der Waals surface area contributed by atoms with Crippen LogP contribution in [-0.2, 0) is 7.05 Å². The molecule has 4 rings (SSSR count). The Bertz CT molecular complexity index is 1290. The Morgan fingerprint density at radius 2 is 1.62 bits per heavy atom. The van der Waals surface area contributed by atoms with Crippen molar-refractivity contribution in [2.75, 3.05) is 40.4 Å². The van der Waals surface area contributed by atoms with Gasteiger partial charge in [0.1, 0.15) is 5.69 Å². The quantitative estimate of drug-likeness (QED) is 0.274. The Labute approximate surface area is 207 Å². The van der Waals surface area contributed by atoms with Gasteiger partial charge in [-0.2, -0.15) is 0 Å². The maximum absolute atomic E-state index is 12.8. The lowest BCUT2D eigenvalue weighted by molar-refractivity contribution is 0.101. The number of anilines is 3. The second-order valence-electron chi connectivity index (χ2n) is 7.87. The molecule has 0 unspecified atom stereocenters. The van der Waals surface area contributed by atoms with Gasteiger partial charge < -0.3 is 25.1 Å². The van der Waals surface area contributed by atoms with Gasteiger partial charge in [-0.3, -0.25) is 9.59 Å². The molecule has 2 heterocycles. The van der Waals surface area contributed by atoms with E-state index in [1.807, 2.05) is 60.4 Å². The van der Waals surface area contributed by atoms with Crippen LogP contribution < -0.4 is 15.5 Å². The van der Waals surface area contributed by atoms with Crippen molar-refractivity contribution < 1.29 is 9.59 Å². The lowest BCUT2D eigenvalue weighted by atomic mass is 10.1. The van der Waals surface area contributed by atoms with Crippen LogP contribution >= 0.6 is 23.2 Å². The Morgan fingerprint density at radius 3 is 2.26 bits per heavy atom. The van der Waals surface area contributed by atoms with Gasteiger partial charge in [-0.05, 0) is 48.5 Å². The number of benzene rings is 2. The first-order valence-corrected chi connectivity index (χ1v) is 11.9. The van der Waals surface area contributed by atoms with E-state index >= 15 is 0 Å². The summed E-state index contributed by atoms with van der Waals surface area (Å²) in [5.74, 6) is 0.539. The molecule has 0 fully saturated rings. The molecule has 0 radical (unpaired) electrons. The van der Waals surface area contributed by atoms with E-state index in [2.05, 4.69) is 20.5 Å². The van der Waals surface area contributed by atoms with Crippen LogP contribution in [0.2, 0.25) is 0 Å². The van der Waals surface area contributed by atoms with Crippen molar-refractivity contribution in [1.29, 1.82) is 0 Å². The second kappa shape index (κ2) is 10.7. The average Bonchev–Trinajstić information content (AvgIpc) is 3.44. The second-order valence-corrected chi connectivity index (χ2v) is 8.63. The summed E-state index contributed by atoms with van der Waals surface area (Å²) in [5, 5.41) is 6.64. The molecule has 3 N–H and O–H groups in total. The minimum absolute atomic E-state index is 0.222. The number of amides is 2. The van der Waals surface area contributed by atoms with E-state index in [4.69, 9.17) is 23.2 Å². The van der Waals surface area contributed by atoms with Gasteiger partial charge >= 0.3 is 0 Å². The van der Waals surface area contributed by atoms with Crippen LogP contribution in [0.1, 0.15) is 20.8 Å². The Kier molecular flexibility index (Phi) is 7.45. The van der Waals surface area contributed by atoms with E-state index in [0.717, 1.165) is 22.3 Å². The number of halogens is 2. The third-order valence-electron chi connectivity index (χ3n) is 5.42. The summed E-state index contributed by atoms with van der Waals surface area (Å²) in [6, 6.07) is 16.4. The summed E-state index contributed by atoms with van der Waals surface area (Å²) < 4.78 is 1.86. The SMILES string of the molecule is Cn1ccc(NC(=O)c2cc3ccc(NC(=O)c4ccc(N(CCCl)CCCl)cc4)cc3[nH]2)c1. The Morgan fingerprint density at radius 1 is 0.912 bits per heavy atom. The number of carbonyl (C=O) groups excluding carboxylic acids is 2. The minimum atomic E-state index is -0.231. The molecule has 0 spiro atoms. The third-order valence-corrected chi connectivity index (χ3v) is 5.76. The van der Waals surface area contributed by atoms with Crippen LogP contribution in [0.15, 0.2) is 67.0 Å². The highest BCUT2D eigenvalue weighted by Crippen LogP contribution is 2.22. The van der Waals surface area contributed by atoms with Crippen LogP contribution in [-0.4, -0.2) is 46.2 Å². The number of nitrogens with zero attached hydrogens (tertiary/aromatic N) is 2. The van der Waals surface area contributed by atoms with Gasteiger partial charge in [0.25, 0.3) is 11.8 Å². The van der Waals surface area contributed by atoms with Crippen molar-refractivity contribution in [2.24, 2.45) is 7.05 Å². The number of aryl methyl sites for hydroxylation is 1. The lowest BCUT2D eigenvalue weighted by Gasteiger charge is -2.22. The molecule has 4 aromatic rings. The molecule has 0 aliphatic rings. The van der Waals surface area contributed by atoms with Gasteiger partial charge in [0.05, 0.1) is 5.69 Å². The number of alkyl halides is 2. The molecule has 0 saturated carbocycles. The van der Waals surface area contributed by atoms with E-state index < -0.39 is 0 Å². The first-order valence-electron chi connectivity index (χ1n) is 10.8. The van der Waals surface area contributed by atoms with Gasteiger partial charge in [-0.1, -0.05) is 6.07 Å². The summed E-state index contributed by atoms with van der Waals surface area (Å²) in [6.07, 6.45) is 3.69. The molecule has 176 valence electrons. The number of hydrogen-bond donors (Lipinski definition) is 3. The van der Waals surface area contributed by atoms with Crippen LogP contribution in [0.25, 0.3) is 10.9 Å². The molecule has 7 nitrogen and oxygen atoms in total. The molecule has 0 bridgehead atoms. The van der Waals surface area contributed by atoms with Crippen LogP contribution in [0.3, 0.4) is 0 Å².